The number of ether oxygens (including phenoxy) is 2. The summed E-state index contributed by atoms with van der Waals surface area (Å²) in [5, 5.41) is 11.2. The molecule has 0 spiro atoms. The van der Waals surface area contributed by atoms with Crippen molar-refractivity contribution < 1.29 is 28.2 Å². The summed E-state index contributed by atoms with van der Waals surface area (Å²) < 4.78 is 41.7. The van der Waals surface area contributed by atoms with Crippen molar-refractivity contribution in [2.45, 2.75) is 12.5 Å². The van der Waals surface area contributed by atoms with Crippen LogP contribution in [-0.4, -0.2) is 31.3 Å². The lowest BCUT2D eigenvalue weighted by Gasteiger charge is -2.17. The van der Waals surface area contributed by atoms with Gasteiger partial charge in [0.2, 0.25) is 0 Å². The highest BCUT2D eigenvalue weighted by Crippen LogP contribution is 2.48. The fraction of sp³-hybridized carbons (Fsp3) is 0.208. The van der Waals surface area contributed by atoms with Gasteiger partial charge in [-0.15, -0.1) is 0 Å². The van der Waals surface area contributed by atoms with Crippen LogP contribution in [0.2, 0.25) is 5.02 Å². The van der Waals surface area contributed by atoms with Gasteiger partial charge in [0.15, 0.2) is 11.6 Å². The van der Waals surface area contributed by atoms with Crippen LogP contribution in [0, 0.1) is 11.6 Å². The second kappa shape index (κ2) is 9.14. The third kappa shape index (κ3) is 3.89. The summed E-state index contributed by atoms with van der Waals surface area (Å²) in [6.07, 6.45) is -0.105. The van der Waals surface area contributed by atoms with E-state index in [1.165, 1.54) is 25.2 Å². The van der Waals surface area contributed by atoms with Gasteiger partial charge in [0, 0.05) is 36.2 Å². The summed E-state index contributed by atoms with van der Waals surface area (Å²) in [5.74, 6) is -2.19. The third-order valence-electron chi connectivity index (χ3n) is 5.29. The predicted molar refractivity (Wildman–Crippen MR) is 116 cm³/mol. The van der Waals surface area contributed by atoms with Crippen LogP contribution in [0.4, 0.5) is 8.78 Å². The van der Waals surface area contributed by atoms with Crippen LogP contribution in [0.1, 0.15) is 27.6 Å². The van der Waals surface area contributed by atoms with Gasteiger partial charge in [0.25, 0.3) is 5.91 Å². The molecule has 3 aromatic rings. The van der Waals surface area contributed by atoms with Crippen molar-refractivity contribution in [3.05, 3.63) is 81.9 Å². The molecule has 1 amide bonds. The van der Waals surface area contributed by atoms with Crippen molar-refractivity contribution in [1.82, 2.24) is 5.32 Å². The summed E-state index contributed by atoms with van der Waals surface area (Å²) >= 11 is 6.34. The second-order valence-electron chi connectivity index (χ2n) is 7.20. The molecular formula is C24H20ClF2NO4. The number of carbonyl (C=O) groups is 1. The number of fused-ring (bicyclic) bond motifs is 1. The number of hydrogen-bond donors (Lipinski definition) is 2. The Hall–Kier alpha value is -3.16. The van der Waals surface area contributed by atoms with Crippen LogP contribution in [0.15, 0.2) is 48.5 Å². The molecule has 1 heterocycles. The monoisotopic (exact) mass is 459 g/mol. The maximum absolute atomic E-state index is 15.6. The highest BCUT2D eigenvalue weighted by molar-refractivity contribution is 6.34. The molecule has 4 rings (SSSR count). The van der Waals surface area contributed by atoms with Crippen molar-refractivity contribution in [2.75, 3.05) is 20.3 Å². The lowest BCUT2D eigenvalue weighted by Crippen LogP contribution is -2.20. The maximum Gasteiger partial charge on any atom is 0.251 e. The van der Waals surface area contributed by atoms with Gasteiger partial charge in [0.05, 0.1) is 17.2 Å². The number of amides is 1. The average molecular weight is 460 g/mol. The van der Waals surface area contributed by atoms with E-state index in [0.29, 0.717) is 12.0 Å². The zero-order chi connectivity index (χ0) is 22.8. The molecule has 5 nitrogen and oxygen atoms in total. The Bertz CT molecular complexity index is 1170. The number of aliphatic hydroxyl groups excluding tert-OH is 1. The van der Waals surface area contributed by atoms with Crippen LogP contribution in [0.25, 0.3) is 11.1 Å². The lowest BCUT2D eigenvalue weighted by molar-refractivity contribution is 0.0963. The fourth-order valence-corrected chi connectivity index (χ4v) is 4.10. The van der Waals surface area contributed by atoms with Crippen molar-refractivity contribution in [3.63, 3.8) is 0 Å². The topological polar surface area (TPSA) is 67.8 Å². The number of benzene rings is 3. The van der Waals surface area contributed by atoms with Gasteiger partial charge >= 0.3 is 0 Å². The van der Waals surface area contributed by atoms with E-state index >= 15 is 4.39 Å². The van der Waals surface area contributed by atoms with E-state index < -0.39 is 23.6 Å². The van der Waals surface area contributed by atoms with E-state index in [1.54, 1.807) is 0 Å². The van der Waals surface area contributed by atoms with Gasteiger partial charge in [-0.05, 0) is 17.7 Å². The highest BCUT2D eigenvalue weighted by Gasteiger charge is 2.33. The Balaban J connectivity index is 1.92. The molecule has 1 unspecified atom stereocenters. The van der Waals surface area contributed by atoms with Crippen molar-refractivity contribution in [2.24, 2.45) is 0 Å². The van der Waals surface area contributed by atoms with Crippen molar-refractivity contribution in [3.8, 4) is 22.6 Å². The molecule has 2 N–H and O–H groups in total. The smallest absolute Gasteiger partial charge is 0.251 e. The van der Waals surface area contributed by atoms with Gasteiger partial charge in [-0.2, -0.15) is 0 Å². The normalized spacial score (nSPS) is 14.6. The SMILES string of the molecule is CNC(=O)c1ccc(OCCO)c(F)c1-c1c(Cl)c(F)cc2c1CC(c1ccccc1)O2. The third-order valence-corrected chi connectivity index (χ3v) is 5.66. The maximum atomic E-state index is 15.6. The Labute approximate surface area is 188 Å². The van der Waals surface area contributed by atoms with Gasteiger partial charge in [0.1, 0.15) is 24.3 Å². The first-order chi connectivity index (χ1) is 15.5. The number of halogens is 3. The Morgan fingerprint density at radius 3 is 2.66 bits per heavy atom. The fourth-order valence-electron chi connectivity index (χ4n) is 3.84. The number of aliphatic hydroxyl groups is 1. The minimum Gasteiger partial charge on any atom is -0.488 e. The summed E-state index contributed by atoms with van der Waals surface area (Å²) in [4.78, 5) is 12.5. The van der Waals surface area contributed by atoms with E-state index in [2.05, 4.69) is 5.32 Å². The molecule has 166 valence electrons. The van der Waals surface area contributed by atoms with Gasteiger partial charge in [-0.25, -0.2) is 8.78 Å². The molecule has 1 atom stereocenters. The van der Waals surface area contributed by atoms with Crippen LogP contribution in [0.5, 0.6) is 11.5 Å². The summed E-state index contributed by atoms with van der Waals surface area (Å²) in [5.41, 5.74) is 1.20. The molecular weight excluding hydrogens is 440 g/mol. The van der Waals surface area contributed by atoms with E-state index in [9.17, 15) is 9.18 Å². The van der Waals surface area contributed by atoms with E-state index in [4.69, 9.17) is 26.2 Å². The molecule has 3 aromatic carbocycles. The summed E-state index contributed by atoms with van der Waals surface area (Å²) in [6.45, 7) is -0.474. The van der Waals surface area contributed by atoms with E-state index in [0.717, 1.165) is 5.56 Å². The molecule has 0 aromatic heterocycles. The van der Waals surface area contributed by atoms with Crippen LogP contribution in [0.3, 0.4) is 0 Å². The molecule has 0 fully saturated rings. The number of rotatable bonds is 6. The summed E-state index contributed by atoms with van der Waals surface area (Å²) in [6, 6.07) is 13.2. The van der Waals surface area contributed by atoms with Gasteiger partial charge < -0.3 is 19.9 Å². The van der Waals surface area contributed by atoms with Crippen molar-refractivity contribution in [1.29, 1.82) is 0 Å². The number of carbonyl (C=O) groups excluding carboxylic acids is 1. The first kappa shape index (κ1) is 22.0. The van der Waals surface area contributed by atoms with Gasteiger partial charge in [-0.3, -0.25) is 4.79 Å². The molecule has 0 saturated heterocycles. The lowest BCUT2D eigenvalue weighted by atomic mass is 9.91. The molecule has 1 aliphatic rings. The quantitative estimate of drug-likeness (QED) is 0.561. The standard InChI is InChI=1S/C24H20ClF2NO4/c1-28-24(30)14-7-8-17(31-10-9-29)23(27)21(14)20-15-11-18(13-5-3-2-4-6-13)32-19(15)12-16(26)22(20)25/h2-8,12,18,29H,9-11H2,1H3,(H,28,30). The Morgan fingerprint density at radius 1 is 1.22 bits per heavy atom. The molecule has 0 bridgehead atoms. The molecule has 8 heteroatoms. The number of nitrogens with one attached hydrogen (secondary N) is 1. The van der Waals surface area contributed by atoms with Crippen LogP contribution < -0.4 is 14.8 Å². The molecule has 0 radical (unpaired) electrons. The highest BCUT2D eigenvalue weighted by atomic mass is 35.5. The minimum absolute atomic E-state index is 0.0285. The first-order valence-corrected chi connectivity index (χ1v) is 10.3. The van der Waals surface area contributed by atoms with E-state index in [-0.39, 0.29) is 46.4 Å². The second-order valence-corrected chi connectivity index (χ2v) is 7.57. The molecule has 32 heavy (non-hydrogen) atoms. The number of hydrogen-bond acceptors (Lipinski definition) is 4. The zero-order valence-corrected chi connectivity index (χ0v) is 17.9. The minimum atomic E-state index is -0.877. The predicted octanol–water partition coefficient (Wildman–Crippen LogP) is 4.69. The van der Waals surface area contributed by atoms with Crippen molar-refractivity contribution >= 4 is 17.5 Å². The molecule has 1 aliphatic heterocycles. The van der Waals surface area contributed by atoms with Crippen LogP contribution in [-0.2, 0) is 6.42 Å². The Kier molecular flexibility index (Phi) is 6.30. The molecule has 0 aliphatic carbocycles. The first-order valence-electron chi connectivity index (χ1n) is 9.97. The average Bonchev–Trinajstić information content (AvgIpc) is 3.23. The molecule has 0 saturated carbocycles. The summed E-state index contributed by atoms with van der Waals surface area (Å²) in [7, 11) is 1.41. The van der Waals surface area contributed by atoms with E-state index in [1.807, 2.05) is 30.3 Å². The zero-order valence-electron chi connectivity index (χ0n) is 17.1. The van der Waals surface area contributed by atoms with Crippen LogP contribution >= 0.6 is 11.6 Å². The Morgan fingerprint density at radius 2 is 1.97 bits per heavy atom. The van der Waals surface area contributed by atoms with Gasteiger partial charge in [-0.1, -0.05) is 41.9 Å². The largest absolute Gasteiger partial charge is 0.488 e.